The lowest BCUT2D eigenvalue weighted by atomic mass is 9.99. The second-order valence-corrected chi connectivity index (χ2v) is 7.02. The lowest BCUT2D eigenvalue weighted by Crippen LogP contribution is -2.50. The van der Waals surface area contributed by atoms with E-state index in [1.165, 1.54) is 11.8 Å². The van der Waals surface area contributed by atoms with E-state index in [1.807, 2.05) is 25.3 Å². The SMILES string of the molecule is CCOC=Cc1cc(OCC2(NC(=O)O)CCCC2)c(C#N)c(SC)c1. The summed E-state index contributed by atoms with van der Waals surface area (Å²) in [5.41, 5.74) is 0.743. The largest absolute Gasteiger partial charge is 0.501 e. The second kappa shape index (κ2) is 9.39. The van der Waals surface area contributed by atoms with Gasteiger partial charge in [0, 0.05) is 4.90 Å². The molecule has 7 heteroatoms. The molecule has 1 saturated carbocycles. The first-order valence-corrected chi connectivity index (χ1v) is 9.80. The van der Waals surface area contributed by atoms with E-state index >= 15 is 0 Å². The Morgan fingerprint density at radius 1 is 1.46 bits per heavy atom. The second-order valence-electron chi connectivity index (χ2n) is 6.17. The zero-order chi connectivity index (χ0) is 19.0. The summed E-state index contributed by atoms with van der Waals surface area (Å²) in [7, 11) is 0. The lowest BCUT2D eigenvalue weighted by molar-refractivity contribution is 0.149. The maximum absolute atomic E-state index is 11.2. The molecule has 0 aromatic heterocycles. The van der Waals surface area contributed by atoms with Gasteiger partial charge in [0.15, 0.2) is 0 Å². The van der Waals surface area contributed by atoms with Crippen molar-refractivity contribution in [1.29, 1.82) is 5.26 Å². The number of hydrogen-bond acceptors (Lipinski definition) is 5. The van der Waals surface area contributed by atoms with E-state index in [9.17, 15) is 10.1 Å². The standard InChI is InChI=1S/C19H24N2O4S/c1-3-24-9-6-14-10-16(15(12-20)17(11-14)26-2)25-13-19(21-18(22)23)7-4-5-8-19/h6,9-11,21H,3-5,7-8,13H2,1-2H3,(H,22,23). The van der Waals surface area contributed by atoms with Gasteiger partial charge in [-0.3, -0.25) is 0 Å². The number of rotatable bonds is 8. The zero-order valence-corrected chi connectivity index (χ0v) is 15.9. The predicted molar refractivity (Wildman–Crippen MR) is 101 cm³/mol. The number of thioether (sulfide) groups is 1. The van der Waals surface area contributed by atoms with Gasteiger partial charge in [-0.1, -0.05) is 12.8 Å². The predicted octanol–water partition coefficient (Wildman–Crippen LogP) is 4.25. The van der Waals surface area contributed by atoms with Crippen LogP contribution in [0.1, 0.15) is 43.7 Å². The fraction of sp³-hybridized carbons (Fsp3) is 0.474. The van der Waals surface area contributed by atoms with Gasteiger partial charge in [0.25, 0.3) is 0 Å². The molecule has 0 bridgehead atoms. The Bertz CT molecular complexity index is 706. The molecule has 2 N–H and O–H groups in total. The summed E-state index contributed by atoms with van der Waals surface area (Å²) in [5, 5.41) is 21.3. The minimum atomic E-state index is -1.05. The van der Waals surface area contributed by atoms with Crippen LogP contribution in [0, 0.1) is 11.3 Å². The first kappa shape index (κ1) is 20.0. The molecule has 0 heterocycles. The van der Waals surface area contributed by atoms with Crippen molar-refractivity contribution in [1.82, 2.24) is 5.32 Å². The van der Waals surface area contributed by atoms with Crippen LogP contribution in [0.5, 0.6) is 5.75 Å². The van der Waals surface area contributed by atoms with Crippen LogP contribution < -0.4 is 10.1 Å². The van der Waals surface area contributed by atoms with E-state index in [2.05, 4.69) is 11.4 Å². The highest BCUT2D eigenvalue weighted by molar-refractivity contribution is 7.98. The number of benzene rings is 1. The van der Waals surface area contributed by atoms with Crippen molar-refractivity contribution in [2.75, 3.05) is 19.5 Å². The summed E-state index contributed by atoms with van der Waals surface area (Å²) in [6, 6.07) is 5.90. The van der Waals surface area contributed by atoms with Gasteiger partial charge in [-0.2, -0.15) is 5.26 Å². The van der Waals surface area contributed by atoms with Gasteiger partial charge in [0.05, 0.1) is 18.4 Å². The van der Waals surface area contributed by atoms with E-state index in [-0.39, 0.29) is 6.61 Å². The van der Waals surface area contributed by atoms with Gasteiger partial charge in [-0.25, -0.2) is 4.79 Å². The highest BCUT2D eigenvalue weighted by atomic mass is 32.2. The third-order valence-corrected chi connectivity index (χ3v) is 5.14. The molecule has 0 radical (unpaired) electrons. The summed E-state index contributed by atoms with van der Waals surface area (Å²) in [6.07, 6.45) is 7.68. The van der Waals surface area contributed by atoms with Gasteiger partial charge in [-0.15, -0.1) is 11.8 Å². The number of nitriles is 1. The Morgan fingerprint density at radius 2 is 2.19 bits per heavy atom. The molecule has 0 atom stereocenters. The highest BCUT2D eigenvalue weighted by Crippen LogP contribution is 2.34. The monoisotopic (exact) mass is 376 g/mol. The molecule has 0 spiro atoms. The van der Waals surface area contributed by atoms with Crippen molar-refractivity contribution in [2.24, 2.45) is 0 Å². The molecule has 0 unspecified atom stereocenters. The van der Waals surface area contributed by atoms with Crippen LogP contribution in [-0.4, -0.2) is 36.2 Å². The maximum atomic E-state index is 11.2. The summed E-state index contributed by atoms with van der Waals surface area (Å²) in [4.78, 5) is 12.0. The molecule has 1 amide bonds. The van der Waals surface area contributed by atoms with E-state index in [0.717, 1.165) is 36.1 Å². The number of hydrogen-bond donors (Lipinski definition) is 2. The molecule has 1 fully saturated rings. The van der Waals surface area contributed by atoms with Crippen LogP contribution >= 0.6 is 11.8 Å². The molecule has 0 saturated heterocycles. The Morgan fingerprint density at radius 3 is 2.77 bits per heavy atom. The average Bonchev–Trinajstić information content (AvgIpc) is 3.07. The van der Waals surface area contributed by atoms with Gasteiger partial charge >= 0.3 is 6.09 Å². The topological polar surface area (TPSA) is 91.6 Å². The Hall–Kier alpha value is -2.33. The minimum Gasteiger partial charge on any atom is -0.501 e. The molecular weight excluding hydrogens is 352 g/mol. The van der Waals surface area contributed by atoms with E-state index in [1.54, 1.807) is 12.3 Å². The van der Waals surface area contributed by atoms with Crippen LogP contribution in [0.3, 0.4) is 0 Å². The minimum absolute atomic E-state index is 0.209. The molecule has 0 aliphatic heterocycles. The molecule has 1 aliphatic carbocycles. The quantitative estimate of drug-likeness (QED) is 0.521. The molecule has 26 heavy (non-hydrogen) atoms. The maximum Gasteiger partial charge on any atom is 0.405 e. The normalized spacial score (nSPS) is 15.6. The van der Waals surface area contributed by atoms with Crippen molar-refractivity contribution in [3.05, 3.63) is 29.5 Å². The number of carboxylic acid groups (broad SMARTS) is 1. The van der Waals surface area contributed by atoms with Crippen LogP contribution in [0.4, 0.5) is 4.79 Å². The Balaban J connectivity index is 2.27. The number of ether oxygens (including phenoxy) is 2. The van der Waals surface area contributed by atoms with Crippen LogP contribution in [0.25, 0.3) is 6.08 Å². The average molecular weight is 376 g/mol. The highest BCUT2D eigenvalue weighted by Gasteiger charge is 2.36. The number of carbonyl (C=O) groups is 1. The van der Waals surface area contributed by atoms with Gasteiger partial charge in [-0.05, 0) is 49.8 Å². The molecular formula is C19H24N2O4S. The van der Waals surface area contributed by atoms with Gasteiger partial charge < -0.3 is 19.9 Å². The van der Waals surface area contributed by atoms with Crippen molar-refractivity contribution in [3.8, 4) is 11.8 Å². The summed E-state index contributed by atoms with van der Waals surface area (Å²) < 4.78 is 11.2. The van der Waals surface area contributed by atoms with E-state index < -0.39 is 11.6 Å². The zero-order valence-electron chi connectivity index (χ0n) is 15.1. The third-order valence-electron chi connectivity index (χ3n) is 4.38. The summed E-state index contributed by atoms with van der Waals surface area (Å²) in [6.45, 7) is 2.69. The molecule has 140 valence electrons. The molecule has 2 rings (SSSR count). The Kier molecular flexibility index (Phi) is 7.22. The number of amides is 1. The Labute approximate surface area is 158 Å². The molecule has 6 nitrogen and oxygen atoms in total. The lowest BCUT2D eigenvalue weighted by Gasteiger charge is -2.29. The van der Waals surface area contributed by atoms with Crippen LogP contribution in [0.2, 0.25) is 0 Å². The van der Waals surface area contributed by atoms with Crippen molar-refractivity contribution < 1.29 is 19.4 Å². The van der Waals surface area contributed by atoms with Crippen molar-refractivity contribution >= 4 is 23.9 Å². The number of nitrogens with zero attached hydrogens (tertiary/aromatic N) is 1. The molecule has 1 aliphatic rings. The van der Waals surface area contributed by atoms with Gasteiger partial charge in [0.2, 0.25) is 0 Å². The molecule has 1 aromatic carbocycles. The smallest absolute Gasteiger partial charge is 0.405 e. The summed E-state index contributed by atoms with van der Waals surface area (Å²) in [5.74, 6) is 0.467. The van der Waals surface area contributed by atoms with Crippen LogP contribution in [-0.2, 0) is 4.74 Å². The van der Waals surface area contributed by atoms with E-state index in [0.29, 0.717) is 17.9 Å². The van der Waals surface area contributed by atoms with Gasteiger partial charge in [0.1, 0.15) is 24.0 Å². The first-order valence-electron chi connectivity index (χ1n) is 8.58. The van der Waals surface area contributed by atoms with Crippen molar-refractivity contribution in [3.63, 3.8) is 0 Å². The number of nitrogens with one attached hydrogen (secondary N) is 1. The fourth-order valence-corrected chi connectivity index (χ4v) is 3.72. The summed E-state index contributed by atoms with van der Waals surface area (Å²) >= 11 is 1.47. The fourth-order valence-electron chi connectivity index (χ4n) is 3.11. The third kappa shape index (κ3) is 5.09. The van der Waals surface area contributed by atoms with Crippen LogP contribution in [0.15, 0.2) is 23.3 Å². The first-order chi connectivity index (χ1) is 12.5. The van der Waals surface area contributed by atoms with Crippen molar-refractivity contribution in [2.45, 2.75) is 43.0 Å². The molecule has 1 aromatic rings. The van der Waals surface area contributed by atoms with E-state index in [4.69, 9.17) is 14.6 Å².